The first-order valence-corrected chi connectivity index (χ1v) is 23.2. The van der Waals surface area contributed by atoms with Gasteiger partial charge in [0.1, 0.15) is 28.7 Å². The average Bonchev–Trinajstić information content (AvgIpc) is 4.17. The first kappa shape index (κ1) is 54.3. The van der Waals surface area contributed by atoms with Crippen molar-refractivity contribution in [1.82, 2.24) is 63.2 Å². The SMILES string of the molecule is CN(C)CCCNC(=O)c1cc(NC(=O)c2nc(NC(=O)c3cc(NC(=O)C(CCNC(=O)c4nc(NC(=O)c5cc(NC(=O)c6nccn6C)cn5C)cn4C)NC(=O)OC(C)(C)C)cn3C)cn2C)cn1C. The van der Waals surface area contributed by atoms with E-state index >= 15 is 0 Å². The normalized spacial score (nSPS) is 11.7. The molecule has 0 aliphatic heterocycles. The highest BCUT2D eigenvalue weighted by molar-refractivity contribution is 6.07. The van der Waals surface area contributed by atoms with Gasteiger partial charge in [-0.15, -0.1) is 0 Å². The molecule has 0 bridgehead atoms. The van der Waals surface area contributed by atoms with Crippen molar-refractivity contribution in [3.05, 3.63) is 96.1 Å². The van der Waals surface area contributed by atoms with Crippen LogP contribution in [0.4, 0.5) is 33.5 Å². The number of nitrogens with zero attached hydrogens (tertiary/aromatic N) is 10. The number of alkyl carbamates (subject to hydrolysis) is 1. The molecule has 394 valence electrons. The van der Waals surface area contributed by atoms with Gasteiger partial charge in [0, 0.05) is 98.8 Å². The van der Waals surface area contributed by atoms with Gasteiger partial charge in [0.2, 0.25) is 17.6 Å². The number of anilines is 5. The van der Waals surface area contributed by atoms with Crippen molar-refractivity contribution < 1.29 is 43.1 Å². The molecule has 8 N–H and O–H groups in total. The number of hydrogen-bond acceptors (Lipinski definition) is 13. The molecule has 6 aromatic heterocycles. The molecule has 0 saturated heterocycles. The van der Waals surface area contributed by atoms with Crippen molar-refractivity contribution in [2.75, 3.05) is 60.3 Å². The Labute approximate surface area is 425 Å². The monoisotopic (exact) mass is 1020 g/mol. The molecule has 6 heterocycles. The first-order valence-electron chi connectivity index (χ1n) is 23.2. The fraction of sp³-hybridized carbons (Fsp3) is 0.383. The summed E-state index contributed by atoms with van der Waals surface area (Å²) < 4.78 is 14.3. The number of aromatic nitrogens is 9. The number of rotatable bonds is 20. The number of imidazole rings is 3. The molecule has 0 spiro atoms. The zero-order valence-electron chi connectivity index (χ0n) is 43.0. The number of nitrogens with one attached hydrogen (secondary N) is 8. The van der Waals surface area contributed by atoms with Gasteiger partial charge in [0.15, 0.2) is 17.5 Å². The fourth-order valence-corrected chi connectivity index (χ4v) is 7.41. The van der Waals surface area contributed by atoms with Crippen LogP contribution in [0.25, 0.3) is 0 Å². The van der Waals surface area contributed by atoms with Crippen LogP contribution < -0.4 is 42.5 Å². The Morgan fingerprint density at radius 3 is 1.53 bits per heavy atom. The van der Waals surface area contributed by atoms with E-state index in [1.165, 1.54) is 55.2 Å². The van der Waals surface area contributed by atoms with E-state index in [0.717, 1.165) is 13.0 Å². The molecule has 27 nitrogen and oxygen atoms in total. The minimum absolute atomic E-state index is 0.0305. The van der Waals surface area contributed by atoms with Crippen molar-refractivity contribution in [2.45, 2.75) is 45.3 Å². The Balaban J connectivity index is 1.04. The number of carbonyl (C=O) groups is 8. The van der Waals surface area contributed by atoms with Crippen LogP contribution in [0.15, 0.2) is 61.6 Å². The van der Waals surface area contributed by atoms with Gasteiger partial charge in [-0.05, 0) is 72.5 Å². The van der Waals surface area contributed by atoms with E-state index in [4.69, 9.17) is 4.74 Å². The highest BCUT2D eigenvalue weighted by Crippen LogP contribution is 2.20. The maximum Gasteiger partial charge on any atom is 0.408 e. The predicted octanol–water partition coefficient (Wildman–Crippen LogP) is 2.25. The molecular formula is C47H62N18O9. The van der Waals surface area contributed by atoms with Crippen LogP contribution in [0.3, 0.4) is 0 Å². The molecule has 8 amide bonds. The summed E-state index contributed by atoms with van der Waals surface area (Å²) in [6.45, 7) is 6.14. The van der Waals surface area contributed by atoms with Gasteiger partial charge in [0.05, 0.1) is 17.1 Å². The molecule has 6 rings (SSSR count). The maximum atomic E-state index is 13.8. The lowest BCUT2D eigenvalue weighted by atomic mass is 10.2. The minimum atomic E-state index is -1.25. The van der Waals surface area contributed by atoms with Crippen LogP contribution in [-0.2, 0) is 51.8 Å². The molecule has 1 unspecified atom stereocenters. The molecule has 74 heavy (non-hydrogen) atoms. The summed E-state index contributed by atoms with van der Waals surface area (Å²) in [5, 5.41) is 21.6. The summed E-state index contributed by atoms with van der Waals surface area (Å²) in [5.74, 6) is -3.69. The Kier molecular flexibility index (Phi) is 16.9. The number of amides is 8. The second-order valence-electron chi connectivity index (χ2n) is 18.6. The lowest BCUT2D eigenvalue weighted by molar-refractivity contribution is -0.118. The van der Waals surface area contributed by atoms with E-state index in [2.05, 4.69) is 57.5 Å². The molecule has 27 heteroatoms. The zero-order chi connectivity index (χ0) is 54.2. The molecule has 6 aromatic rings. The Morgan fingerprint density at radius 2 is 1.04 bits per heavy atom. The molecule has 0 aliphatic carbocycles. The Bertz CT molecular complexity index is 3080. The molecular weight excluding hydrogens is 961 g/mol. The van der Waals surface area contributed by atoms with Crippen molar-refractivity contribution in [1.29, 1.82) is 0 Å². The summed E-state index contributed by atoms with van der Waals surface area (Å²) in [5.41, 5.74) is 0.645. The van der Waals surface area contributed by atoms with Crippen LogP contribution in [0, 0.1) is 0 Å². The second kappa shape index (κ2) is 23.0. The van der Waals surface area contributed by atoms with Gasteiger partial charge in [-0.25, -0.2) is 19.7 Å². The lowest BCUT2D eigenvalue weighted by Crippen LogP contribution is -2.47. The number of hydrogen-bond donors (Lipinski definition) is 8. The van der Waals surface area contributed by atoms with Crippen molar-refractivity contribution in [3.63, 3.8) is 0 Å². The molecule has 0 aliphatic rings. The van der Waals surface area contributed by atoms with Gasteiger partial charge in [-0.3, -0.25) is 33.6 Å². The van der Waals surface area contributed by atoms with Crippen LogP contribution in [0.5, 0.6) is 0 Å². The van der Waals surface area contributed by atoms with Crippen LogP contribution in [0.2, 0.25) is 0 Å². The highest BCUT2D eigenvalue weighted by Gasteiger charge is 2.27. The quantitative estimate of drug-likeness (QED) is 0.0510. The van der Waals surface area contributed by atoms with Crippen LogP contribution >= 0.6 is 0 Å². The number of ether oxygens (including phenoxy) is 1. The summed E-state index contributed by atoms with van der Waals surface area (Å²) in [6.07, 6.45) is 10.4. The van der Waals surface area contributed by atoms with Gasteiger partial charge < -0.3 is 79.6 Å². The molecule has 1 atom stereocenters. The molecule has 0 aromatic carbocycles. The smallest absolute Gasteiger partial charge is 0.408 e. The highest BCUT2D eigenvalue weighted by atomic mass is 16.6. The van der Waals surface area contributed by atoms with E-state index in [9.17, 15) is 38.4 Å². The fourth-order valence-electron chi connectivity index (χ4n) is 7.41. The van der Waals surface area contributed by atoms with Crippen molar-refractivity contribution >= 4 is 76.1 Å². The van der Waals surface area contributed by atoms with E-state index in [1.807, 2.05) is 19.0 Å². The van der Waals surface area contributed by atoms with E-state index in [-0.39, 0.29) is 65.1 Å². The minimum Gasteiger partial charge on any atom is -0.444 e. The maximum absolute atomic E-state index is 13.8. The number of aryl methyl sites for hydroxylation is 6. The zero-order valence-corrected chi connectivity index (χ0v) is 43.0. The third kappa shape index (κ3) is 14.1. The lowest BCUT2D eigenvalue weighted by Gasteiger charge is -2.23. The molecule has 0 fully saturated rings. The average molecular weight is 1020 g/mol. The number of carbonyl (C=O) groups excluding carboxylic acids is 8. The predicted molar refractivity (Wildman–Crippen MR) is 272 cm³/mol. The summed E-state index contributed by atoms with van der Waals surface area (Å²) >= 11 is 0. The van der Waals surface area contributed by atoms with Crippen LogP contribution in [0.1, 0.15) is 96.9 Å². The van der Waals surface area contributed by atoms with Crippen molar-refractivity contribution in [2.24, 2.45) is 42.3 Å². The molecule has 0 saturated carbocycles. The largest absolute Gasteiger partial charge is 0.444 e. The summed E-state index contributed by atoms with van der Waals surface area (Å²) in [4.78, 5) is 120. The summed E-state index contributed by atoms with van der Waals surface area (Å²) in [7, 11) is 13.6. The second-order valence-corrected chi connectivity index (χ2v) is 18.6. The van der Waals surface area contributed by atoms with Crippen molar-refractivity contribution in [3.8, 4) is 0 Å². The van der Waals surface area contributed by atoms with Gasteiger partial charge in [-0.2, -0.15) is 0 Å². The van der Waals surface area contributed by atoms with E-state index < -0.39 is 53.2 Å². The Hall–Kier alpha value is -9.01. The van der Waals surface area contributed by atoms with Gasteiger partial charge in [0.25, 0.3) is 35.4 Å². The van der Waals surface area contributed by atoms with E-state index in [1.54, 1.807) is 96.8 Å². The van der Waals surface area contributed by atoms with Gasteiger partial charge >= 0.3 is 6.09 Å². The third-order valence-electron chi connectivity index (χ3n) is 11.0. The summed E-state index contributed by atoms with van der Waals surface area (Å²) in [6, 6.07) is 3.17. The Morgan fingerprint density at radius 1 is 0.568 bits per heavy atom. The van der Waals surface area contributed by atoms with Crippen LogP contribution in [-0.4, -0.2) is 140 Å². The topological polar surface area (TPSA) is 314 Å². The molecule has 0 radical (unpaired) electrons. The standard InChI is InChI=1S/C47H62N18O9/c1-47(2,3)74-46(73)54-30(13-15-50-43(70)37-55-34(25-64(37)10)57-42(69)33-21-29(24-63(33)9)52-44(71)36-48-16-18-60(36)6)39(66)51-27-20-32(62(8)22-27)41(68)58-35-26-65(11)38(56-35)45(72)53-28-19-31(61(7)23-28)40(67)49-14-12-17-59(4)5/h16,18-26,30H,12-15,17H2,1-11H3,(H,49,67)(H,50,70)(H,51,66)(H,52,71)(H,53,72)(H,54,73)(H,57,69)(H,58,68). The first-order chi connectivity index (χ1) is 34.8. The third-order valence-corrected chi connectivity index (χ3v) is 11.0. The van der Waals surface area contributed by atoms with E-state index in [0.29, 0.717) is 23.6 Å². The van der Waals surface area contributed by atoms with Gasteiger partial charge in [-0.1, -0.05) is 0 Å².